The van der Waals surface area contributed by atoms with Gasteiger partial charge in [-0.25, -0.2) is 4.98 Å². The molecule has 0 fully saturated rings. The number of imidazole rings is 1. The molecule has 2 heterocycles. The molecule has 1 radical (unpaired) electrons. The summed E-state index contributed by atoms with van der Waals surface area (Å²) in [5, 5.41) is 21.7. The summed E-state index contributed by atoms with van der Waals surface area (Å²) >= 11 is 0. The minimum Gasteiger partial charge on any atom is -0.869 e. The van der Waals surface area contributed by atoms with Crippen LogP contribution in [-0.4, -0.2) is 37.8 Å². The molecule has 0 aliphatic heterocycles. The first-order valence-corrected chi connectivity index (χ1v) is 10.1. The van der Waals surface area contributed by atoms with Gasteiger partial charge in [-0.2, -0.15) is 13.2 Å². The molecule has 5 aromatic rings. The van der Waals surface area contributed by atoms with Gasteiger partial charge in [0, 0.05) is 50.3 Å². The zero-order chi connectivity index (χ0) is 24.3. The van der Waals surface area contributed by atoms with Crippen LogP contribution in [0.25, 0.3) is 33.6 Å². The molecule has 0 unspecified atom stereocenters. The maximum atomic E-state index is 11.8. The SMILES string of the molecule is COc1ccc(-n2nc3ccccc3n2)c2ccccc12.Cn1ccnc1/C=C(\[O-])C(F)(F)F.[Ir]. The fourth-order valence-corrected chi connectivity index (χ4v) is 3.29. The average molecular weight is 659 g/mol. The van der Waals surface area contributed by atoms with Crippen molar-refractivity contribution in [2.75, 3.05) is 7.11 Å². The van der Waals surface area contributed by atoms with E-state index in [2.05, 4.69) is 21.2 Å². The standard InChI is InChI=1S/C17H13N3O.C7H7F3N2O.Ir/c1-21-17-11-10-16(12-6-2-3-7-13(12)17)20-18-14-8-4-5-9-15(14)19-20;1-12-3-2-11-6(12)4-5(13)7(8,9)10;/h2-11H,1H3;2-4,13H,1H3;/p-1/b;5-4-;. The van der Waals surface area contributed by atoms with Gasteiger partial charge in [0.05, 0.1) is 12.8 Å². The Morgan fingerprint density at radius 3 is 2.09 bits per heavy atom. The Hall–Kier alpha value is -3.69. The van der Waals surface area contributed by atoms with Crippen LogP contribution in [0.1, 0.15) is 5.82 Å². The van der Waals surface area contributed by atoms with Gasteiger partial charge in [0.2, 0.25) is 0 Å². The first-order chi connectivity index (χ1) is 16.3. The van der Waals surface area contributed by atoms with Crippen molar-refractivity contribution in [3.63, 3.8) is 0 Å². The van der Waals surface area contributed by atoms with E-state index in [4.69, 9.17) is 4.74 Å². The molecule has 3 aromatic carbocycles. The summed E-state index contributed by atoms with van der Waals surface area (Å²) in [5.74, 6) is -1.06. The predicted octanol–water partition coefficient (Wildman–Crippen LogP) is 4.26. The Bertz CT molecular complexity index is 1440. The van der Waals surface area contributed by atoms with Crippen LogP contribution in [-0.2, 0) is 27.2 Å². The third-order valence-electron chi connectivity index (χ3n) is 4.98. The molecule has 0 N–H and O–H groups in total. The summed E-state index contributed by atoms with van der Waals surface area (Å²) in [5.41, 5.74) is 2.72. The molecule has 183 valence electrons. The summed E-state index contributed by atoms with van der Waals surface area (Å²) in [6.45, 7) is 0. The van der Waals surface area contributed by atoms with Crippen LogP contribution < -0.4 is 9.84 Å². The smallest absolute Gasteiger partial charge is 0.402 e. The molecule has 2 aromatic heterocycles. The second-order valence-corrected chi connectivity index (χ2v) is 7.21. The molecule has 0 bridgehead atoms. The molecule has 0 amide bonds. The van der Waals surface area contributed by atoms with Crippen LogP contribution >= 0.6 is 0 Å². The Labute approximate surface area is 211 Å². The average Bonchev–Trinajstić information content (AvgIpc) is 3.44. The van der Waals surface area contributed by atoms with Crippen LogP contribution in [0, 0.1) is 0 Å². The topological polar surface area (TPSA) is 80.8 Å². The van der Waals surface area contributed by atoms with E-state index in [0.29, 0.717) is 6.08 Å². The van der Waals surface area contributed by atoms with Gasteiger partial charge in [0.1, 0.15) is 22.6 Å². The van der Waals surface area contributed by atoms with Gasteiger partial charge in [0.15, 0.2) is 0 Å². The van der Waals surface area contributed by atoms with Crippen molar-refractivity contribution in [2.24, 2.45) is 7.05 Å². The third-order valence-corrected chi connectivity index (χ3v) is 4.98. The van der Waals surface area contributed by atoms with E-state index in [-0.39, 0.29) is 25.9 Å². The summed E-state index contributed by atoms with van der Waals surface area (Å²) in [6, 6.07) is 19.9. The summed E-state index contributed by atoms with van der Waals surface area (Å²) in [4.78, 5) is 5.24. The number of halogens is 3. The molecule has 0 atom stereocenters. The molecule has 7 nitrogen and oxygen atoms in total. The zero-order valence-electron chi connectivity index (χ0n) is 18.5. The molecular weight excluding hydrogens is 640 g/mol. The van der Waals surface area contributed by atoms with E-state index in [1.807, 2.05) is 54.6 Å². The van der Waals surface area contributed by atoms with E-state index in [0.717, 1.165) is 33.2 Å². The van der Waals surface area contributed by atoms with Crippen LogP contribution in [0.15, 0.2) is 78.8 Å². The van der Waals surface area contributed by atoms with Crippen molar-refractivity contribution in [1.29, 1.82) is 0 Å². The molecule has 5 rings (SSSR count). The number of benzene rings is 3. The summed E-state index contributed by atoms with van der Waals surface area (Å²) < 4.78 is 42.0. The molecule has 11 heteroatoms. The first kappa shape index (κ1) is 25.9. The van der Waals surface area contributed by atoms with E-state index >= 15 is 0 Å². The number of fused-ring (bicyclic) bond motifs is 2. The van der Waals surface area contributed by atoms with Crippen LogP contribution in [0.2, 0.25) is 0 Å². The van der Waals surface area contributed by atoms with Gasteiger partial charge >= 0.3 is 6.18 Å². The number of alkyl halides is 3. The number of hydrogen-bond donors (Lipinski definition) is 0. The Balaban J connectivity index is 0.000000213. The minimum atomic E-state index is -4.83. The second-order valence-electron chi connectivity index (χ2n) is 7.21. The van der Waals surface area contributed by atoms with Crippen molar-refractivity contribution in [3.05, 3.63) is 84.6 Å². The monoisotopic (exact) mass is 659 g/mol. The van der Waals surface area contributed by atoms with Crippen LogP contribution in [0.3, 0.4) is 0 Å². The molecule has 35 heavy (non-hydrogen) atoms. The fourth-order valence-electron chi connectivity index (χ4n) is 3.29. The normalized spacial score (nSPS) is 11.6. The van der Waals surface area contributed by atoms with Crippen LogP contribution in [0.5, 0.6) is 5.75 Å². The quantitative estimate of drug-likeness (QED) is 0.271. The van der Waals surface area contributed by atoms with Gasteiger partial charge in [0.25, 0.3) is 0 Å². The Morgan fingerprint density at radius 1 is 0.943 bits per heavy atom. The first-order valence-electron chi connectivity index (χ1n) is 10.1. The van der Waals surface area contributed by atoms with E-state index in [9.17, 15) is 18.3 Å². The van der Waals surface area contributed by atoms with Gasteiger partial charge in [-0.05, 0) is 36.1 Å². The maximum Gasteiger partial charge on any atom is 0.402 e. The Kier molecular flexibility index (Phi) is 7.93. The second kappa shape index (κ2) is 10.7. The zero-order valence-corrected chi connectivity index (χ0v) is 20.9. The maximum absolute atomic E-state index is 11.8. The minimum absolute atomic E-state index is 0. The van der Waals surface area contributed by atoms with Crippen molar-refractivity contribution in [3.8, 4) is 11.4 Å². The van der Waals surface area contributed by atoms with Crippen LogP contribution in [0.4, 0.5) is 13.2 Å². The number of nitrogens with zero attached hydrogens (tertiary/aromatic N) is 5. The molecular formula is C24H19F3IrN5O2-. The largest absolute Gasteiger partial charge is 0.869 e. The fraction of sp³-hybridized carbons (Fsp3) is 0.125. The number of methoxy groups -OCH3 is 1. The van der Waals surface area contributed by atoms with E-state index < -0.39 is 11.9 Å². The summed E-state index contributed by atoms with van der Waals surface area (Å²) in [7, 11) is 3.18. The van der Waals surface area contributed by atoms with E-state index in [1.54, 1.807) is 11.9 Å². The number of rotatable bonds is 3. The molecule has 0 saturated heterocycles. The van der Waals surface area contributed by atoms with Gasteiger partial charge in [-0.1, -0.05) is 36.4 Å². The molecule has 0 aliphatic carbocycles. The molecule has 0 saturated carbocycles. The molecule has 0 aliphatic rings. The molecule has 0 spiro atoms. The number of ether oxygens (including phenoxy) is 1. The number of hydrogen-bond acceptors (Lipinski definition) is 5. The predicted molar refractivity (Wildman–Crippen MR) is 120 cm³/mol. The Morgan fingerprint density at radius 2 is 1.54 bits per heavy atom. The van der Waals surface area contributed by atoms with Crippen molar-refractivity contribution in [1.82, 2.24) is 24.5 Å². The third kappa shape index (κ3) is 5.69. The van der Waals surface area contributed by atoms with Crippen molar-refractivity contribution >= 4 is 27.9 Å². The van der Waals surface area contributed by atoms with Crippen molar-refractivity contribution in [2.45, 2.75) is 6.18 Å². The van der Waals surface area contributed by atoms with E-state index in [1.165, 1.54) is 24.0 Å². The van der Waals surface area contributed by atoms with Crippen molar-refractivity contribution < 1.29 is 43.1 Å². The van der Waals surface area contributed by atoms with Gasteiger partial charge in [-0.15, -0.1) is 15.0 Å². The van der Waals surface area contributed by atoms with Gasteiger partial charge in [-0.3, -0.25) is 0 Å². The number of aryl methyl sites for hydroxylation is 1. The van der Waals surface area contributed by atoms with Gasteiger partial charge < -0.3 is 14.4 Å². The summed E-state index contributed by atoms with van der Waals surface area (Å²) in [6.07, 6.45) is -1.60. The number of allylic oxidation sites excluding steroid dienone is 1. The number of aromatic nitrogens is 5.